The van der Waals surface area contributed by atoms with E-state index in [-0.39, 0.29) is 30.2 Å². The molecule has 0 aromatic heterocycles. The van der Waals surface area contributed by atoms with Gasteiger partial charge in [-0.3, -0.25) is 14.5 Å². The largest absolute Gasteiger partial charge is 0.497 e. The molecule has 16 heteroatoms. The average Bonchev–Trinajstić information content (AvgIpc) is 3.43. The van der Waals surface area contributed by atoms with E-state index in [1.165, 1.54) is 36.3 Å². The van der Waals surface area contributed by atoms with Gasteiger partial charge in [0.15, 0.2) is 0 Å². The molecule has 2 heterocycles. The van der Waals surface area contributed by atoms with Crippen LogP contribution in [0, 0.1) is 5.92 Å². The van der Waals surface area contributed by atoms with Crippen molar-refractivity contribution in [2.75, 3.05) is 13.7 Å². The van der Waals surface area contributed by atoms with Crippen LogP contribution in [0.4, 0.5) is 9.59 Å². The summed E-state index contributed by atoms with van der Waals surface area (Å²) in [5.41, 5.74) is 6.20. The zero-order chi connectivity index (χ0) is 40.0. The quantitative estimate of drug-likeness (QED) is 0.134. The Labute approximate surface area is 322 Å². The first kappa shape index (κ1) is 41.2. The van der Waals surface area contributed by atoms with Crippen LogP contribution in [-0.4, -0.2) is 91.5 Å². The van der Waals surface area contributed by atoms with Crippen molar-refractivity contribution in [3.05, 3.63) is 71.8 Å². The number of benzene rings is 2. The van der Waals surface area contributed by atoms with E-state index in [4.69, 9.17) is 19.9 Å². The number of methoxy groups -OCH3 is 1. The van der Waals surface area contributed by atoms with Crippen LogP contribution >= 0.6 is 0 Å². The summed E-state index contributed by atoms with van der Waals surface area (Å²) >= 11 is 0. The molecule has 0 unspecified atom stereocenters. The molecule has 2 fully saturated rings. The summed E-state index contributed by atoms with van der Waals surface area (Å²) in [6.45, 7) is 5.99. The van der Waals surface area contributed by atoms with E-state index in [1.807, 2.05) is 36.4 Å². The van der Waals surface area contributed by atoms with Gasteiger partial charge in [0.1, 0.15) is 35.3 Å². The molecular weight excluding hydrogens is 731 g/mol. The highest BCUT2D eigenvalue weighted by atomic mass is 32.2. The molecule has 4 N–H and O–H groups in total. The van der Waals surface area contributed by atoms with Crippen LogP contribution in [0.15, 0.2) is 65.6 Å². The Bertz CT molecular complexity index is 1850. The van der Waals surface area contributed by atoms with Crippen molar-refractivity contribution in [1.29, 1.82) is 0 Å². The third-order valence-corrected chi connectivity index (χ3v) is 11.3. The van der Waals surface area contributed by atoms with Gasteiger partial charge in [-0.05, 0) is 81.8 Å². The van der Waals surface area contributed by atoms with Gasteiger partial charge in [0, 0.05) is 25.4 Å². The van der Waals surface area contributed by atoms with Gasteiger partial charge in [-0.1, -0.05) is 49.3 Å². The lowest BCUT2D eigenvalue weighted by Gasteiger charge is -2.28. The van der Waals surface area contributed by atoms with Crippen LogP contribution in [0.25, 0.3) is 0 Å². The van der Waals surface area contributed by atoms with Crippen LogP contribution in [0.5, 0.6) is 5.75 Å². The Morgan fingerprint density at radius 2 is 1.69 bits per heavy atom. The van der Waals surface area contributed by atoms with Gasteiger partial charge in [-0.2, -0.15) is 0 Å². The molecule has 2 aliphatic heterocycles. The van der Waals surface area contributed by atoms with E-state index in [9.17, 15) is 32.4 Å². The maximum absolute atomic E-state index is 13.9. The molecule has 1 saturated heterocycles. The predicted molar refractivity (Wildman–Crippen MR) is 201 cm³/mol. The SMILES string of the molecule is COc1ccc(S(=O)(=O)NC(=O)[C@@]2(N)C[C@H]2/C=C\CCCCC[C@H](NC(=O)OC(C)(C)C)C(=O)N2C[C@H](OC(=O)N3Cc4ccccc4C3)C[C@H]2C=O)cc1. The average molecular weight is 782 g/mol. The summed E-state index contributed by atoms with van der Waals surface area (Å²) in [5.74, 6) is -1.08. The first-order valence-electron chi connectivity index (χ1n) is 18.5. The van der Waals surface area contributed by atoms with Crippen molar-refractivity contribution in [1.82, 2.24) is 19.8 Å². The Morgan fingerprint density at radius 1 is 1.02 bits per heavy atom. The lowest BCUT2D eigenvalue weighted by Crippen LogP contribution is -2.51. The first-order valence-corrected chi connectivity index (χ1v) is 20.0. The fourth-order valence-electron chi connectivity index (χ4n) is 6.76. The molecule has 0 bridgehead atoms. The molecule has 55 heavy (non-hydrogen) atoms. The lowest BCUT2D eigenvalue weighted by molar-refractivity contribution is -0.137. The van der Waals surface area contributed by atoms with Crippen molar-refractivity contribution >= 4 is 40.3 Å². The number of nitrogens with one attached hydrogen (secondary N) is 2. The second-order valence-electron chi connectivity index (χ2n) is 15.3. The number of aldehydes is 1. The number of carbonyl (C=O) groups excluding carboxylic acids is 5. The number of alkyl carbamates (subject to hydrolysis) is 1. The minimum Gasteiger partial charge on any atom is -0.497 e. The number of nitrogens with zero attached hydrogens (tertiary/aromatic N) is 2. The highest BCUT2D eigenvalue weighted by Crippen LogP contribution is 2.42. The summed E-state index contributed by atoms with van der Waals surface area (Å²) in [5, 5.41) is 2.68. The molecule has 298 valence electrons. The van der Waals surface area contributed by atoms with Crippen molar-refractivity contribution in [2.45, 2.75) is 113 Å². The van der Waals surface area contributed by atoms with E-state index in [2.05, 4.69) is 10.0 Å². The molecular formula is C39H51N5O10S. The third kappa shape index (κ3) is 10.6. The summed E-state index contributed by atoms with van der Waals surface area (Å²) in [7, 11) is -2.64. The standard InChI is InChI=1S/C39H51N5O10S/c1-38(2,3)54-36(48)41-33(34(46)44-24-31(20-29(44)25-45)53-37(49)43-22-26-12-10-11-13-27(26)23-43)15-9-7-5-6-8-14-28-21-39(28,40)35(47)42-55(50,51)32-18-16-30(52-4)17-19-32/h8,10-14,16-19,25,28-29,31,33H,5-7,9,15,20-24,40H2,1-4H3,(H,41,48)(H,42,47)/b14-8-/t28-,29+,31-,33+,39-/m1/s1. The molecule has 15 nitrogen and oxygen atoms in total. The molecule has 4 amide bonds. The van der Waals surface area contributed by atoms with E-state index < -0.39 is 63.4 Å². The van der Waals surface area contributed by atoms with E-state index in [0.717, 1.165) is 17.5 Å². The Hall–Kier alpha value is -4.96. The number of allylic oxidation sites excluding steroid dienone is 1. The van der Waals surface area contributed by atoms with Crippen LogP contribution in [-0.2, 0) is 47.0 Å². The summed E-state index contributed by atoms with van der Waals surface area (Å²) in [4.78, 5) is 67.4. The zero-order valence-electron chi connectivity index (χ0n) is 31.7. The monoisotopic (exact) mass is 781 g/mol. The van der Waals surface area contributed by atoms with Crippen LogP contribution in [0.1, 0.15) is 76.8 Å². The first-order chi connectivity index (χ1) is 26.0. The topological polar surface area (TPSA) is 204 Å². The number of ether oxygens (including phenoxy) is 3. The van der Waals surface area contributed by atoms with Crippen LogP contribution in [0.2, 0.25) is 0 Å². The summed E-state index contributed by atoms with van der Waals surface area (Å²) in [6.07, 6.45) is 5.76. The van der Waals surface area contributed by atoms with Gasteiger partial charge >= 0.3 is 12.2 Å². The molecule has 2 aromatic carbocycles. The molecule has 5 atom stereocenters. The smallest absolute Gasteiger partial charge is 0.410 e. The fraction of sp³-hybridized carbons (Fsp3) is 0.513. The van der Waals surface area contributed by atoms with Crippen LogP contribution in [0.3, 0.4) is 0 Å². The summed E-state index contributed by atoms with van der Waals surface area (Å²) in [6, 6.07) is 11.6. The number of hydrogen-bond acceptors (Lipinski definition) is 11. The highest BCUT2D eigenvalue weighted by Gasteiger charge is 2.56. The normalized spacial score (nSPS) is 22.5. The predicted octanol–water partition coefficient (Wildman–Crippen LogP) is 3.94. The molecule has 0 radical (unpaired) electrons. The summed E-state index contributed by atoms with van der Waals surface area (Å²) < 4.78 is 43.7. The number of nitrogens with two attached hydrogens (primary N) is 1. The maximum atomic E-state index is 13.9. The highest BCUT2D eigenvalue weighted by molar-refractivity contribution is 7.90. The Morgan fingerprint density at radius 3 is 2.31 bits per heavy atom. The second kappa shape index (κ2) is 17.2. The third-order valence-electron chi connectivity index (χ3n) is 9.91. The van der Waals surface area contributed by atoms with Gasteiger partial charge in [-0.15, -0.1) is 0 Å². The van der Waals surface area contributed by atoms with Gasteiger partial charge in [0.25, 0.3) is 15.9 Å². The van der Waals surface area contributed by atoms with Gasteiger partial charge in [0.2, 0.25) is 5.91 Å². The number of unbranched alkanes of at least 4 members (excludes halogenated alkanes) is 3. The number of sulfonamides is 1. The number of fused-ring (bicyclic) bond motifs is 1. The molecule has 1 saturated carbocycles. The molecule has 5 rings (SSSR count). The van der Waals surface area contributed by atoms with Crippen molar-refractivity contribution in [3.63, 3.8) is 0 Å². The molecule has 1 aliphatic carbocycles. The van der Waals surface area contributed by atoms with E-state index in [1.54, 1.807) is 25.7 Å². The Balaban J connectivity index is 1.09. The minimum atomic E-state index is -4.11. The second-order valence-corrected chi connectivity index (χ2v) is 17.0. The van der Waals surface area contributed by atoms with Crippen molar-refractivity contribution < 1.29 is 46.6 Å². The fourth-order valence-corrected chi connectivity index (χ4v) is 7.81. The van der Waals surface area contributed by atoms with Gasteiger partial charge in [0.05, 0.1) is 24.6 Å². The minimum absolute atomic E-state index is 0.0152. The molecule has 0 spiro atoms. The van der Waals surface area contributed by atoms with Gasteiger partial charge < -0.3 is 35.0 Å². The zero-order valence-corrected chi connectivity index (χ0v) is 32.5. The van der Waals surface area contributed by atoms with Gasteiger partial charge in [-0.25, -0.2) is 22.7 Å². The van der Waals surface area contributed by atoms with E-state index in [0.29, 0.717) is 50.8 Å². The van der Waals surface area contributed by atoms with E-state index >= 15 is 0 Å². The Kier molecular flexibility index (Phi) is 12.9. The number of hydrogen-bond donors (Lipinski definition) is 3. The number of amides is 4. The number of rotatable bonds is 15. The molecule has 3 aliphatic rings. The number of likely N-dealkylation sites (tertiary alicyclic amines) is 1. The van der Waals surface area contributed by atoms with Crippen molar-refractivity contribution in [2.24, 2.45) is 11.7 Å². The molecule has 2 aromatic rings. The van der Waals surface area contributed by atoms with Crippen LogP contribution < -0.4 is 20.5 Å². The lowest BCUT2D eigenvalue weighted by atomic mass is 10.0. The maximum Gasteiger partial charge on any atom is 0.410 e. The number of carbonyl (C=O) groups is 5. The van der Waals surface area contributed by atoms with Crippen molar-refractivity contribution in [3.8, 4) is 5.75 Å².